The summed E-state index contributed by atoms with van der Waals surface area (Å²) in [5.74, 6) is 5.97. The number of nitrogens with zero attached hydrogens (tertiary/aromatic N) is 2. The molecule has 3 nitrogen and oxygen atoms in total. The third-order valence-electron chi connectivity index (χ3n) is 6.06. The van der Waals surface area contributed by atoms with Gasteiger partial charge < -0.3 is 4.90 Å². The van der Waals surface area contributed by atoms with E-state index in [1.807, 2.05) is 23.8 Å². The molecular formula is C30H31FN2OS. The molecule has 5 heteroatoms. The Morgan fingerprint density at radius 2 is 2.11 bits per heavy atom. The number of carbonyl (C=O) groups excluding carboxylic acids is 1. The van der Waals surface area contributed by atoms with Crippen LogP contribution in [0.15, 0.2) is 52.9 Å². The zero-order chi connectivity index (χ0) is 25.4. The number of aryl methyl sites for hydroxylation is 3. The number of hydrogen-bond acceptors (Lipinski definition) is 2. The third kappa shape index (κ3) is 7.10. The highest BCUT2D eigenvalue weighted by Crippen LogP contribution is 2.18. The molecule has 1 heterocycles. The van der Waals surface area contributed by atoms with Crippen molar-refractivity contribution in [1.82, 2.24) is 4.90 Å². The lowest BCUT2D eigenvalue weighted by Gasteiger charge is -2.24. The molecule has 1 unspecified atom stereocenters. The number of thioether (sulfide) groups is 1. The van der Waals surface area contributed by atoms with Crippen molar-refractivity contribution in [2.24, 2.45) is 4.99 Å². The molecule has 35 heavy (non-hydrogen) atoms. The largest absolute Gasteiger partial charge is 0.344 e. The van der Waals surface area contributed by atoms with Crippen molar-refractivity contribution in [1.29, 1.82) is 0 Å². The predicted octanol–water partition coefficient (Wildman–Crippen LogP) is 6.52. The molecule has 1 aliphatic heterocycles. The Morgan fingerprint density at radius 1 is 1.31 bits per heavy atom. The molecule has 1 aliphatic rings. The summed E-state index contributed by atoms with van der Waals surface area (Å²) < 4.78 is 14.8. The molecule has 0 aliphatic carbocycles. The molecule has 0 aromatic heterocycles. The number of carbonyl (C=O) groups is 1. The zero-order valence-electron chi connectivity index (χ0n) is 20.9. The van der Waals surface area contributed by atoms with Crippen molar-refractivity contribution >= 4 is 23.5 Å². The van der Waals surface area contributed by atoms with Gasteiger partial charge in [0.25, 0.3) is 0 Å². The second kappa shape index (κ2) is 12.4. The highest BCUT2D eigenvalue weighted by atomic mass is 32.2. The maximum absolute atomic E-state index is 14.8. The van der Waals surface area contributed by atoms with Crippen LogP contribution in [-0.2, 0) is 19.3 Å². The van der Waals surface area contributed by atoms with E-state index in [4.69, 9.17) is 0 Å². The average molecular weight is 487 g/mol. The van der Waals surface area contributed by atoms with Crippen LogP contribution in [0.3, 0.4) is 0 Å². The lowest BCUT2D eigenvalue weighted by atomic mass is 9.98. The maximum atomic E-state index is 14.8. The number of halogens is 1. The lowest BCUT2D eigenvalue weighted by molar-refractivity contribution is 0.216. The van der Waals surface area contributed by atoms with Crippen LogP contribution in [0.5, 0.6) is 0 Å². The van der Waals surface area contributed by atoms with Crippen LogP contribution in [0, 0.1) is 36.7 Å². The van der Waals surface area contributed by atoms with Crippen molar-refractivity contribution in [3.8, 4) is 11.8 Å². The van der Waals surface area contributed by atoms with Crippen LogP contribution in [0.2, 0.25) is 0 Å². The minimum atomic E-state index is -0.400. The topological polar surface area (TPSA) is 32.7 Å². The molecule has 2 aromatic carbocycles. The lowest BCUT2D eigenvalue weighted by Crippen LogP contribution is -2.36. The Kier molecular flexibility index (Phi) is 9.35. The standard InChI is InChI=1S/C30H31FN2OS/c1-6-25-18-24(11-10-21(25)2)19-26-14-12-23(20-28(26)31)13-15-27-8-7-9-29(22(3)16-17-35-5)33(4)30(34)32-27/h10-11,16-18,20,29H,3,6,8,13,15,19H2,1-2,4-5H3/b17-16-,32-27+. The van der Waals surface area contributed by atoms with Crippen LogP contribution < -0.4 is 0 Å². The molecule has 2 amide bonds. The quantitative estimate of drug-likeness (QED) is 0.298. The molecule has 2 aromatic rings. The van der Waals surface area contributed by atoms with E-state index < -0.39 is 6.04 Å². The Morgan fingerprint density at radius 3 is 2.83 bits per heavy atom. The van der Waals surface area contributed by atoms with Crippen LogP contribution in [-0.4, -0.2) is 36.0 Å². The fraction of sp³-hybridized carbons (Fsp3) is 0.333. The normalized spacial score (nSPS) is 17.2. The minimum absolute atomic E-state index is 0.285. The van der Waals surface area contributed by atoms with Crippen molar-refractivity contribution in [3.05, 3.63) is 93.7 Å². The van der Waals surface area contributed by atoms with Crippen LogP contribution in [0.4, 0.5) is 9.18 Å². The Bertz CT molecular complexity index is 1220. The van der Waals surface area contributed by atoms with Gasteiger partial charge in [-0.05, 0) is 66.2 Å². The second-order valence-corrected chi connectivity index (χ2v) is 9.37. The maximum Gasteiger partial charge on any atom is 0.344 e. The number of aliphatic imine (C=N–C) groups is 1. The van der Waals surface area contributed by atoms with Gasteiger partial charge in [-0.3, -0.25) is 0 Å². The second-order valence-electron chi connectivity index (χ2n) is 8.62. The first-order chi connectivity index (χ1) is 16.8. The van der Waals surface area contributed by atoms with Gasteiger partial charge in [0.15, 0.2) is 0 Å². The van der Waals surface area contributed by atoms with Crippen molar-refractivity contribution < 1.29 is 9.18 Å². The Labute approximate surface area is 213 Å². The summed E-state index contributed by atoms with van der Waals surface area (Å²) in [6, 6.07) is 13.1. The molecule has 180 valence electrons. The number of urea groups is 1. The summed E-state index contributed by atoms with van der Waals surface area (Å²) in [4.78, 5) is 18.4. The molecule has 0 bridgehead atoms. The molecular weight excluding hydrogens is 455 g/mol. The fourth-order valence-corrected chi connectivity index (χ4v) is 4.21. The summed E-state index contributed by atoms with van der Waals surface area (Å²) in [6.07, 6.45) is 6.68. The summed E-state index contributed by atoms with van der Waals surface area (Å²) in [7, 11) is 1.68. The van der Waals surface area contributed by atoms with E-state index in [1.54, 1.807) is 18.8 Å². The molecule has 0 spiro atoms. The molecule has 0 N–H and O–H groups in total. The van der Waals surface area contributed by atoms with Gasteiger partial charge >= 0.3 is 6.03 Å². The molecule has 0 saturated heterocycles. The Hall–Kier alpha value is -3.28. The summed E-state index contributed by atoms with van der Waals surface area (Å²) >= 11 is 1.56. The third-order valence-corrected chi connectivity index (χ3v) is 6.47. The summed E-state index contributed by atoms with van der Waals surface area (Å²) in [6.45, 7) is 8.25. The number of hydrogen-bond donors (Lipinski definition) is 0. The van der Waals surface area contributed by atoms with Gasteiger partial charge in [0.1, 0.15) is 11.9 Å². The average Bonchev–Trinajstić information content (AvgIpc) is 2.84. The van der Waals surface area contributed by atoms with Gasteiger partial charge in [0, 0.05) is 36.7 Å². The van der Waals surface area contributed by atoms with Gasteiger partial charge in [-0.1, -0.05) is 61.8 Å². The first-order valence-corrected chi connectivity index (χ1v) is 13.0. The van der Waals surface area contributed by atoms with E-state index in [0.717, 1.165) is 17.6 Å². The van der Waals surface area contributed by atoms with Crippen molar-refractivity contribution in [2.75, 3.05) is 13.3 Å². The van der Waals surface area contributed by atoms with E-state index in [-0.39, 0.29) is 11.8 Å². The number of benzene rings is 1. The van der Waals surface area contributed by atoms with Crippen LogP contribution in [0.1, 0.15) is 47.6 Å². The monoisotopic (exact) mass is 486 g/mol. The smallest absolute Gasteiger partial charge is 0.308 e. The summed E-state index contributed by atoms with van der Waals surface area (Å²) in [5.41, 5.74) is 6.24. The minimum Gasteiger partial charge on any atom is -0.308 e. The molecule has 0 fully saturated rings. The van der Waals surface area contributed by atoms with E-state index in [2.05, 4.69) is 61.5 Å². The number of rotatable bonds is 9. The van der Waals surface area contributed by atoms with Gasteiger partial charge in [0.2, 0.25) is 0 Å². The van der Waals surface area contributed by atoms with Gasteiger partial charge in [-0.25, -0.2) is 14.2 Å². The first kappa shape index (κ1) is 26.3. The van der Waals surface area contributed by atoms with Crippen LogP contribution in [0.25, 0.3) is 0 Å². The van der Waals surface area contributed by atoms with E-state index >= 15 is 0 Å². The van der Waals surface area contributed by atoms with Crippen molar-refractivity contribution in [3.63, 3.8) is 0 Å². The highest BCUT2D eigenvalue weighted by molar-refractivity contribution is 8.01. The van der Waals surface area contributed by atoms with Crippen LogP contribution >= 0.6 is 11.8 Å². The zero-order valence-corrected chi connectivity index (χ0v) is 21.7. The van der Waals surface area contributed by atoms with E-state index in [1.165, 1.54) is 22.1 Å². The number of likely N-dealkylation sites (N-methyl/N-ethyl adjacent to an activating group) is 1. The molecule has 0 radical (unpaired) electrons. The van der Waals surface area contributed by atoms with Crippen molar-refractivity contribution in [2.45, 2.75) is 52.0 Å². The predicted molar refractivity (Wildman–Crippen MR) is 144 cm³/mol. The van der Waals surface area contributed by atoms with E-state index in [0.29, 0.717) is 42.5 Å². The highest BCUT2D eigenvalue weighted by Gasteiger charge is 2.21. The van der Waals surface area contributed by atoms with Gasteiger partial charge in [0.05, 0.1) is 0 Å². The first-order valence-electron chi connectivity index (χ1n) is 11.7. The molecule has 1 atom stereocenters. The molecule has 3 rings (SSSR count). The fourth-order valence-electron chi connectivity index (χ4n) is 3.90. The van der Waals surface area contributed by atoms with E-state index in [9.17, 15) is 9.18 Å². The van der Waals surface area contributed by atoms with Gasteiger partial charge in [-0.2, -0.15) is 0 Å². The molecule has 0 saturated carbocycles. The number of amides is 2. The Balaban J connectivity index is 1.65. The van der Waals surface area contributed by atoms with Gasteiger partial charge in [-0.15, -0.1) is 11.8 Å². The summed E-state index contributed by atoms with van der Waals surface area (Å²) in [5, 5.41) is 1.91. The SMILES string of the molecule is C=C(/C=C\SC)C1C#CC/C(CCc2c#cc(Cc3ccc(C)c(CC)c3)c(F)c2)=N\C(=O)N1C.